The molecule has 17 heavy (non-hydrogen) atoms. The van der Waals surface area contributed by atoms with Gasteiger partial charge in [-0.15, -0.1) is 11.6 Å². The lowest BCUT2D eigenvalue weighted by molar-refractivity contribution is 0.0254. The van der Waals surface area contributed by atoms with E-state index < -0.39 is 0 Å². The van der Waals surface area contributed by atoms with E-state index in [1.165, 1.54) is 0 Å². The third kappa shape index (κ3) is 3.41. The molecule has 0 aliphatic carbocycles. The molecule has 0 bridgehead atoms. The van der Waals surface area contributed by atoms with Crippen LogP contribution in [0, 0.1) is 0 Å². The van der Waals surface area contributed by atoms with Crippen LogP contribution < -0.4 is 4.74 Å². The highest BCUT2D eigenvalue weighted by Crippen LogP contribution is 2.17. The zero-order valence-electron chi connectivity index (χ0n) is 9.39. The van der Waals surface area contributed by atoms with E-state index >= 15 is 0 Å². The topological polar surface area (TPSA) is 48.4 Å². The normalized spacial score (nSPS) is 16.8. The molecule has 0 unspecified atom stereocenters. The van der Waals surface area contributed by atoms with Gasteiger partial charge in [0, 0.05) is 12.8 Å². The van der Waals surface area contributed by atoms with Gasteiger partial charge in [-0.1, -0.05) is 0 Å². The number of ether oxygens (including phenoxy) is 2. The highest BCUT2D eigenvalue weighted by molar-refractivity contribution is 6.30. The molecule has 1 fully saturated rings. The lowest BCUT2D eigenvalue weighted by atomic mass is 10.1. The maximum absolute atomic E-state index is 11.3. The molecule has 0 atom stereocenters. The Labute approximate surface area is 105 Å². The van der Waals surface area contributed by atoms with Gasteiger partial charge in [0.05, 0.1) is 25.3 Å². The first-order chi connectivity index (χ1) is 8.29. The van der Waals surface area contributed by atoms with Gasteiger partial charge in [-0.3, -0.25) is 4.79 Å². The summed E-state index contributed by atoms with van der Waals surface area (Å²) in [7, 11) is 0. The van der Waals surface area contributed by atoms with Crippen molar-refractivity contribution in [1.29, 1.82) is 0 Å². The predicted molar refractivity (Wildman–Crippen MR) is 63.8 cm³/mol. The maximum Gasteiger partial charge on any atom is 0.195 e. The molecule has 92 valence electrons. The standard InChI is InChI=1S/C12H14ClNO3/c13-7-12(15)11-2-1-10(8-14-11)17-9-3-5-16-6-4-9/h1-2,8-9H,3-7H2. The summed E-state index contributed by atoms with van der Waals surface area (Å²) < 4.78 is 11.0. The van der Waals surface area contributed by atoms with Crippen LogP contribution in [0.1, 0.15) is 23.3 Å². The summed E-state index contributed by atoms with van der Waals surface area (Å²) in [6.45, 7) is 1.47. The molecule has 4 nitrogen and oxygen atoms in total. The SMILES string of the molecule is O=C(CCl)c1ccc(OC2CCOCC2)cn1. The van der Waals surface area contributed by atoms with E-state index in [-0.39, 0.29) is 17.8 Å². The van der Waals surface area contributed by atoms with Crippen LogP contribution in [-0.4, -0.2) is 36.0 Å². The molecule has 1 aliphatic heterocycles. The van der Waals surface area contributed by atoms with Gasteiger partial charge < -0.3 is 9.47 Å². The number of carbonyl (C=O) groups is 1. The van der Waals surface area contributed by atoms with Crippen LogP contribution in [0.3, 0.4) is 0 Å². The summed E-state index contributed by atoms with van der Waals surface area (Å²) in [6.07, 6.45) is 3.53. The summed E-state index contributed by atoms with van der Waals surface area (Å²) >= 11 is 5.45. The minimum absolute atomic E-state index is 0.0484. The molecule has 1 aliphatic rings. The van der Waals surface area contributed by atoms with Crippen LogP contribution >= 0.6 is 11.6 Å². The highest BCUT2D eigenvalue weighted by atomic mass is 35.5. The first-order valence-corrected chi connectivity index (χ1v) is 6.12. The maximum atomic E-state index is 11.3. The average Bonchev–Trinajstić information content (AvgIpc) is 2.40. The van der Waals surface area contributed by atoms with E-state index in [0.29, 0.717) is 11.4 Å². The van der Waals surface area contributed by atoms with E-state index in [1.54, 1.807) is 18.3 Å². The molecule has 1 aromatic heterocycles. The van der Waals surface area contributed by atoms with Crippen molar-refractivity contribution >= 4 is 17.4 Å². The lowest BCUT2D eigenvalue weighted by Gasteiger charge is -2.23. The molecule has 0 spiro atoms. The minimum atomic E-state index is -0.177. The van der Waals surface area contributed by atoms with Gasteiger partial charge in [0.25, 0.3) is 0 Å². The number of Topliss-reactive ketones (excluding diaryl/α,β-unsaturated/α-hetero) is 1. The molecule has 2 rings (SSSR count). The van der Waals surface area contributed by atoms with Gasteiger partial charge in [-0.05, 0) is 12.1 Å². The number of ketones is 1. The van der Waals surface area contributed by atoms with Crippen molar-refractivity contribution in [2.24, 2.45) is 0 Å². The van der Waals surface area contributed by atoms with Crippen LogP contribution in [0.25, 0.3) is 0 Å². The van der Waals surface area contributed by atoms with Crippen molar-refractivity contribution in [3.63, 3.8) is 0 Å². The zero-order valence-corrected chi connectivity index (χ0v) is 10.2. The van der Waals surface area contributed by atoms with Gasteiger partial charge in [0.2, 0.25) is 0 Å². The lowest BCUT2D eigenvalue weighted by Crippen LogP contribution is -2.25. The number of nitrogens with zero attached hydrogens (tertiary/aromatic N) is 1. The molecular weight excluding hydrogens is 242 g/mol. The van der Waals surface area contributed by atoms with Crippen LogP contribution in [0.4, 0.5) is 0 Å². The summed E-state index contributed by atoms with van der Waals surface area (Å²) in [6, 6.07) is 3.39. The Morgan fingerprint density at radius 1 is 1.47 bits per heavy atom. The second kappa shape index (κ2) is 5.98. The fourth-order valence-electron chi connectivity index (χ4n) is 1.67. The second-order valence-electron chi connectivity index (χ2n) is 3.87. The monoisotopic (exact) mass is 255 g/mol. The molecule has 0 N–H and O–H groups in total. The Morgan fingerprint density at radius 3 is 2.82 bits per heavy atom. The van der Waals surface area contributed by atoms with E-state index in [9.17, 15) is 4.79 Å². The zero-order chi connectivity index (χ0) is 12.1. The first kappa shape index (κ1) is 12.3. The fourth-order valence-corrected chi connectivity index (χ4v) is 1.81. The van der Waals surface area contributed by atoms with Crippen LogP contribution in [-0.2, 0) is 4.74 Å². The van der Waals surface area contributed by atoms with Gasteiger partial charge in [-0.25, -0.2) is 4.98 Å². The number of hydrogen-bond acceptors (Lipinski definition) is 4. The molecule has 2 heterocycles. The number of pyridine rings is 1. The Bertz CT molecular complexity index is 374. The Morgan fingerprint density at radius 2 is 2.24 bits per heavy atom. The second-order valence-corrected chi connectivity index (χ2v) is 4.13. The van der Waals surface area contributed by atoms with Crippen LogP contribution in [0.2, 0.25) is 0 Å². The number of carbonyl (C=O) groups excluding carboxylic acids is 1. The minimum Gasteiger partial charge on any atom is -0.489 e. The van der Waals surface area contributed by atoms with E-state index in [1.807, 2.05) is 0 Å². The van der Waals surface area contributed by atoms with Gasteiger partial charge >= 0.3 is 0 Å². The average molecular weight is 256 g/mol. The molecule has 1 aromatic rings. The van der Waals surface area contributed by atoms with E-state index in [0.717, 1.165) is 26.1 Å². The molecule has 5 heteroatoms. The van der Waals surface area contributed by atoms with Crippen molar-refractivity contribution < 1.29 is 14.3 Å². The summed E-state index contributed by atoms with van der Waals surface area (Å²) in [5.41, 5.74) is 0.374. The van der Waals surface area contributed by atoms with E-state index in [2.05, 4.69) is 4.98 Å². The molecule has 0 saturated carbocycles. The summed E-state index contributed by atoms with van der Waals surface area (Å²) in [5.74, 6) is 0.458. The molecular formula is C12H14ClNO3. The Balaban J connectivity index is 1.95. The summed E-state index contributed by atoms with van der Waals surface area (Å²) in [5, 5.41) is 0. The Hall–Kier alpha value is -1.13. The molecule has 0 radical (unpaired) electrons. The number of hydrogen-bond donors (Lipinski definition) is 0. The third-order valence-electron chi connectivity index (χ3n) is 2.61. The predicted octanol–water partition coefficient (Wildman–Crippen LogP) is 2.06. The number of alkyl halides is 1. The van der Waals surface area contributed by atoms with Crippen molar-refractivity contribution in [3.8, 4) is 5.75 Å². The van der Waals surface area contributed by atoms with Crippen LogP contribution in [0.5, 0.6) is 5.75 Å². The smallest absolute Gasteiger partial charge is 0.195 e. The Kier molecular flexibility index (Phi) is 4.34. The largest absolute Gasteiger partial charge is 0.489 e. The summed E-state index contributed by atoms with van der Waals surface area (Å²) in [4.78, 5) is 15.3. The van der Waals surface area contributed by atoms with Crippen molar-refractivity contribution in [2.75, 3.05) is 19.1 Å². The molecule has 1 saturated heterocycles. The fraction of sp³-hybridized carbons (Fsp3) is 0.500. The van der Waals surface area contributed by atoms with Gasteiger partial charge in [-0.2, -0.15) is 0 Å². The quantitative estimate of drug-likeness (QED) is 0.610. The molecule has 0 amide bonds. The van der Waals surface area contributed by atoms with E-state index in [4.69, 9.17) is 21.1 Å². The van der Waals surface area contributed by atoms with Gasteiger partial charge in [0.1, 0.15) is 17.5 Å². The van der Waals surface area contributed by atoms with Gasteiger partial charge in [0.15, 0.2) is 5.78 Å². The van der Waals surface area contributed by atoms with Crippen molar-refractivity contribution in [2.45, 2.75) is 18.9 Å². The first-order valence-electron chi connectivity index (χ1n) is 5.59. The van der Waals surface area contributed by atoms with Crippen molar-refractivity contribution in [3.05, 3.63) is 24.0 Å². The molecule has 0 aromatic carbocycles. The number of halogens is 1. The number of rotatable bonds is 4. The van der Waals surface area contributed by atoms with Crippen molar-refractivity contribution in [1.82, 2.24) is 4.98 Å². The van der Waals surface area contributed by atoms with Crippen LogP contribution in [0.15, 0.2) is 18.3 Å². The number of aromatic nitrogens is 1. The highest BCUT2D eigenvalue weighted by Gasteiger charge is 2.15. The third-order valence-corrected chi connectivity index (χ3v) is 2.86.